The van der Waals surface area contributed by atoms with Crippen LogP contribution in [0.3, 0.4) is 0 Å². The predicted molar refractivity (Wildman–Crippen MR) is 80.8 cm³/mol. The van der Waals surface area contributed by atoms with Gasteiger partial charge in [-0.25, -0.2) is 0 Å². The second-order valence-corrected chi connectivity index (χ2v) is 6.00. The molecule has 0 aliphatic heterocycles. The Hall–Kier alpha value is -1.44. The van der Waals surface area contributed by atoms with Crippen molar-refractivity contribution in [3.8, 4) is 0 Å². The van der Waals surface area contributed by atoms with Crippen LogP contribution in [0.5, 0.6) is 0 Å². The molecule has 0 radical (unpaired) electrons. The molecule has 1 fully saturated rings. The molecule has 2 aliphatic rings. The molecule has 0 aromatic heterocycles. The number of aryl methyl sites for hydroxylation is 1. The first-order chi connectivity index (χ1) is 9.59. The van der Waals surface area contributed by atoms with Gasteiger partial charge in [0.2, 0.25) is 0 Å². The van der Waals surface area contributed by atoms with E-state index in [1.165, 1.54) is 17.5 Å². The van der Waals surface area contributed by atoms with Crippen LogP contribution in [0, 0.1) is 5.92 Å². The molecule has 2 aliphatic carbocycles. The molecule has 1 saturated carbocycles. The SMILES string of the molecule is CC1C(=O)CCc2ccccc21.CC1CCCCC1=O. The fourth-order valence-electron chi connectivity index (χ4n) is 2.99. The molecule has 108 valence electrons. The lowest BCUT2D eigenvalue weighted by atomic mass is 9.83. The van der Waals surface area contributed by atoms with Crippen molar-refractivity contribution >= 4 is 11.6 Å². The minimum atomic E-state index is 0.120. The van der Waals surface area contributed by atoms with Gasteiger partial charge in [0, 0.05) is 24.7 Å². The van der Waals surface area contributed by atoms with Crippen molar-refractivity contribution in [1.82, 2.24) is 0 Å². The number of ketones is 2. The zero-order chi connectivity index (χ0) is 14.5. The van der Waals surface area contributed by atoms with Crippen LogP contribution >= 0.6 is 0 Å². The molecule has 0 heterocycles. The number of fused-ring (bicyclic) bond motifs is 1. The van der Waals surface area contributed by atoms with E-state index in [0.717, 1.165) is 32.1 Å². The first kappa shape index (κ1) is 15.0. The van der Waals surface area contributed by atoms with Crippen molar-refractivity contribution in [1.29, 1.82) is 0 Å². The maximum Gasteiger partial charge on any atom is 0.140 e. The molecule has 0 amide bonds. The maximum absolute atomic E-state index is 11.4. The smallest absolute Gasteiger partial charge is 0.140 e. The van der Waals surface area contributed by atoms with Crippen molar-refractivity contribution in [3.05, 3.63) is 35.4 Å². The Morgan fingerprint density at radius 2 is 1.65 bits per heavy atom. The first-order valence-electron chi connectivity index (χ1n) is 7.73. The number of carbonyl (C=O) groups is 2. The third-order valence-electron chi connectivity index (χ3n) is 4.51. The first-order valence-corrected chi connectivity index (χ1v) is 7.73. The van der Waals surface area contributed by atoms with Gasteiger partial charge in [0.1, 0.15) is 11.6 Å². The van der Waals surface area contributed by atoms with Gasteiger partial charge in [-0.1, -0.05) is 44.5 Å². The van der Waals surface area contributed by atoms with Crippen LogP contribution in [0.25, 0.3) is 0 Å². The number of Topliss-reactive ketones (excluding diaryl/α,β-unsaturated/α-hetero) is 2. The molecule has 3 rings (SSSR count). The molecule has 0 saturated heterocycles. The van der Waals surface area contributed by atoms with Crippen LogP contribution < -0.4 is 0 Å². The van der Waals surface area contributed by atoms with E-state index in [1.54, 1.807) is 0 Å². The summed E-state index contributed by atoms with van der Waals surface area (Å²) in [7, 11) is 0. The highest BCUT2D eigenvalue weighted by molar-refractivity contribution is 5.87. The Balaban J connectivity index is 0.000000160. The second-order valence-electron chi connectivity index (χ2n) is 6.00. The molecule has 1 aromatic carbocycles. The molecule has 2 nitrogen and oxygen atoms in total. The van der Waals surface area contributed by atoms with E-state index in [4.69, 9.17) is 0 Å². The molecule has 2 atom stereocenters. The fraction of sp³-hybridized carbons (Fsp3) is 0.556. The van der Waals surface area contributed by atoms with Crippen molar-refractivity contribution < 1.29 is 9.59 Å². The molecule has 2 unspecified atom stereocenters. The minimum Gasteiger partial charge on any atom is -0.299 e. The van der Waals surface area contributed by atoms with Gasteiger partial charge in [-0.2, -0.15) is 0 Å². The maximum atomic E-state index is 11.4. The van der Waals surface area contributed by atoms with Crippen LogP contribution in [0.1, 0.15) is 63.0 Å². The fourth-order valence-corrected chi connectivity index (χ4v) is 2.99. The predicted octanol–water partition coefficient (Wildman–Crippen LogP) is 4.07. The molecule has 2 heteroatoms. The van der Waals surface area contributed by atoms with Crippen molar-refractivity contribution in [2.24, 2.45) is 5.92 Å². The molecule has 20 heavy (non-hydrogen) atoms. The summed E-state index contributed by atoms with van der Waals surface area (Å²) >= 11 is 0. The Kier molecular flexibility index (Phi) is 5.11. The van der Waals surface area contributed by atoms with Gasteiger partial charge in [0.05, 0.1) is 0 Å². The number of benzene rings is 1. The lowest BCUT2D eigenvalue weighted by Gasteiger charge is -2.20. The molecule has 0 spiro atoms. The molecule has 0 N–H and O–H groups in total. The Bertz CT molecular complexity index is 490. The summed E-state index contributed by atoms with van der Waals surface area (Å²) in [6.07, 6.45) is 5.99. The lowest BCUT2D eigenvalue weighted by molar-refractivity contribution is -0.124. The highest BCUT2D eigenvalue weighted by Crippen LogP contribution is 2.27. The summed E-state index contributed by atoms with van der Waals surface area (Å²) in [5, 5.41) is 0. The van der Waals surface area contributed by atoms with Gasteiger partial charge in [0.15, 0.2) is 0 Å². The highest BCUT2D eigenvalue weighted by Gasteiger charge is 2.22. The molecular formula is C18H24O2. The average Bonchev–Trinajstić information content (AvgIpc) is 2.47. The van der Waals surface area contributed by atoms with E-state index < -0.39 is 0 Å². The van der Waals surface area contributed by atoms with Crippen molar-refractivity contribution in [2.45, 2.75) is 58.3 Å². The van der Waals surface area contributed by atoms with E-state index in [9.17, 15) is 9.59 Å². The number of hydrogen-bond donors (Lipinski definition) is 0. The monoisotopic (exact) mass is 272 g/mol. The Morgan fingerprint density at radius 1 is 0.900 bits per heavy atom. The van der Waals surface area contributed by atoms with E-state index >= 15 is 0 Å². The van der Waals surface area contributed by atoms with Crippen LogP contribution in [0.2, 0.25) is 0 Å². The van der Waals surface area contributed by atoms with Crippen LogP contribution in [-0.4, -0.2) is 11.6 Å². The third kappa shape index (κ3) is 3.56. The van der Waals surface area contributed by atoms with Gasteiger partial charge < -0.3 is 0 Å². The van der Waals surface area contributed by atoms with Crippen molar-refractivity contribution in [3.63, 3.8) is 0 Å². The second kappa shape index (κ2) is 6.83. The van der Waals surface area contributed by atoms with Crippen LogP contribution in [0.15, 0.2) is 24.3 Å². The van der Waals surface area contributed by atoms with Crippen molar-refractivity contribution in [2.75, 3.05) is 0 Å². The Morgan fingerprint density at radius 3 is 2.30 bits per heavy atom. The summed E-state index contributed by atoms with van der Waals surface area (Å²) in [5.41, 5.74) is 2.58. The Labute approximate surface area is 121 Å². The molecule has 1 aromatic rings. The summed E-state index contributed by atoms with van der Waals surface area (Å²) in [6, 6.07) is 8.24. The normalized spacial score (nSPS) is 25.5. The van der Waals surface area contributed by atoms with Gasteiger partial charge in [-0.15, -0.1) is 0 Å². The van der Waals surface area contributed by atoms with E-state index in [1.807, 2.05) is 26.0 Å². The summed E-state index contributed by atoms with van der Waals surface area (Å²) in [4.78, 5) is 22.2. The molecule has 0 bridgehead atoms. The van der Waals surface area contributed by atoms with Gasteiger partial charge >= 0.3 is 0 Å². The summed E-state index contributed by atoms with van der Waals surface area (Å²) in [5.74, 6) is 1.34. The zero-order valence-corrected chi connectivity index (χ0v) is 12.5. The quantitative estimate of drug-likeness (QED) is 0.713. The third-order valence-corrected chi connectivity index (χ3v) is 4.51. The summed E-state index contributed by atoms with van der Waals surface area (Å²) in [6.45, 7) is 4.03. The average molecular weight is 272 g/mol. The number of carbonyl (C=O) groups excluding carboxylic acids is 2. The zero-order valence-electron chi connectivity index (χ0n) is 12.5. The molecular weight excluding hydrogens is 248 g/mol. The van der Waals surface area contributed by atoms with Crippen LogP contribution in [0.4, 0.5) is 0 Å². The highest BCUT2D eigenvalue weighted by atomic mass is 16.1. The number of rotatable bonds is 0. The lowest BCUT2D eigenvalue weighted by Crippen LogP contribution is -2.17. The standard InChI is InChI=1S/C11H12O.C7H12O/c1-8-10-5-3-2-4-9(10)6-7-11(8)12;1-6-4-2-3-5-7(6)8/h2-5,8H,6-7H2,1H3;6H,2-5H2,1H3. The number of hydrogen-bond acceptors (Lipinski definition) is 2. The largest absolute Gasteiger partial charge is 0.299 e. The summed E-state index contributed by atoms with van der Waals surface area (Å²) < 4.78 is 0. The van der Waals surface area contributed by atoms with Gasteiger partial charge in [-0.05, 0) is 30.4 Å². The van der Waals surface area contributed by atoms with E-state index in [0.29, 0.717) is 17.5 Å². The minimum absolute atomic E-state index is 0.120. The van der Waals surface area contributed by atoms with Gasteiger partial charge in [0.25, 0.3) is 0 Å². The van der Waals surface area contributed by atoms with E-state index in [2.05, 4.69) is 12.1 Å². The topological polar surface area (TPSA) is 34.1 Å². The van der Waals surface area contributed by atoms with Crippen LogP contribution in [-0.2, 0) is 16.0 Å². The van der Waals surface area contributed by atoms with E-state index in [-0.39, 0.29) is 5.92 Å². The van der Waals surface area contributed by atoms with Gasteiger partial charge in [-0.3, -0.25) is 9.59 Å².